The van der Waals surface area contributed by atoms with E-state index in [2.05, 4.69) is 15.8 Å². The van der Waals surface area contributed by atoms with Gasteiger partial charge in [0.05, 0.1) is 17.0 Å². The average molecular weight is 485 g/mol. The zero-order valence-corrected chi connectivity index (χ0v) is 18.8. The van der Waals surface area contributed by atoms with Crippen molar-refractivity contribution in [1.29, 1.82) is 0 Å². The second-order valence-corrected chi connectivity index (χ2v) is 8.33. The Morgan fingerprint density at radius 3 is 2.74 bits per heavy atom. The lowest BCUT2D eigenvalue weighted by atomic mass is 9.93. The summed E-state index contributed by atoms with van der Waals surface area (Å²) in [5.74, 6) is 1.78. The first-order chi connectivity index (χ1) is 16.8. The summed E-state index contributed by atoms with van der Waals surface area (Å²) in [6, 6.07) is 10.3. The fraction of sp³-hybridized carbons (Fsp3) is 0.280. The van der Waals surface area contributed by atoms with Crippen LogP contribution in [0.25, 0.3) is 0 Å². The predicted octanol–water partition coefficient (Wildman–Crippen LogP) is 5.42. The van der Waals surface area contributed by atoms with Gasteiger partial charge in [-0.2, -0.15) is 18.3 Å². The second kappa shape index (κ2) is 9.01. The molecule has 0 fully saturated rings. The van der Waals surface area contributed by atoms with E-state index in [1.165, 1.54) is 12.1 Å². The van der Waals surface area contributed by atoms with Crippen molar-refractivity contribution in [2.45, 2.75) is 38.9 Å². The third-order valence-electron chi connectivity index (χ3n) is 5.93. The molecule has 2 aliphatic rings. The van der Waals surface area contributed by atoms with E-state index in [0.29, 0.717) is 41.4 Å². The summed E-state index contributed by atoms with van der Waals surface area (Å²) < 4.78 is 55.5. The molecule has 0 saturated carbocycles. The van der Waals surface area contributed by atoms with E-state index in [9.17, 15) is 18.0 Å². The minimum Gasteiger partial charge on any atom is -0.455 e. The number of carbonyl (C=O) groups excluding carboxylic acids is 1. The van der Waals surface area contributed by atoms with Gasteiger partial charge in [0, 0.05) is 24.1 Å². The van der Waals surface area contributed by atoms with Gasteiger partial charge in [0.1, 0.15) is 5.76 Å². The van der Waals surface area contributed by atoms with Gasteiger partial charge in [0.15, 0.2) is 17.3 Å². The van der Waals surface area contributed by atoms with E-state index >= 15 is 0 Å². The van der Waals surface area contributed by atoms with E-state index in [-0.39, 0.29) is 30.7 Å². The van der Waals surface area contributed by atoms with Crippen molar-refractivity contribution in [3.05, 3.63) is 76.2 Å². The summed E-state index contributed by atoms with van der Waals surface area (Å²) in [6.45, 7) is 2.23. The maximum absolute atomic E-state index is 13.0. The average Bonchev–Trinajstić information content (AvgIpc) is 3.45. The van der Waals surface area contributed by atoms with Gasteiger partial charge in [0.25, 0.3) is 5.91 Å². The number of anilines is 1. The first kappa shape index (κ1) is 22.8. The number of furan rings is 1. The number of ether oxygens (including phenoxy) is 2. The second-order valence-electron chi connectivity index (χ2n) is 8.33. The first-order valence-electron chi connectivity index (χ1n) is 11.1. The summed E-state index contributed by atoms with van der Waals surface area (Å²) in [7, 11) is 0. The van der Waals surface area contributed by atoms with Gasteiger partial charge in [-0.15, -0.1) is 0 Å². The SMILES string of the molecule is Cc1c(C(=O)NCc2ccc3c(c2)OCO3)oc2c1/C(=N/Nc1cccc(C(F)(F)F)c1)CCC2. The van der Waals surface area contributed by atoms with E-state index in [1.54, 1.807) is 13.0 Å². The van der Waals surface area contributed by atoms with E-state index in [4.69, 9.17) is 13.9 Å². The number of nitrogens with one attached hydrogen (secondary N) is 2. The minimum atomic E-state index is -4.44. The highest BCUT2D eigenvalue weighted by atomic mass is 19.4. The molecule has 35 heavy (non-hydrogen) atoms. The Bertz CT molecular complexity index is 1310. The summed E-state index contributed by atoms with van der Waals surface area (Å²) in [6.07, 6.45) is -2.43. The molecule has 5 rings (SSSR count). The van der Waals surface area contributed by atoms with Crippen LogP contribution in [0, 0.1) is 6.92 Å². The molecule has 2 heterocycles. The Kier molecular flexibility index (Phi) is 5.88. The molecule has 0 radical (unpaired) electrons. The Balaban J connectivity index is 1.32. The topological polar surface area (TPSA) is 85.1 Å². The molecule has 1 amide bonds. The summed E-state index contributed by atoms with van der Waals surface area (Å²) in [5.41, 5.74) is 5.05. The molecule has 0 atom stereocenters. The van der Waals surface area contributed by atoms with Crippen LogP contribution in [0.2, 0.25) is 0 Å². The maximum Gasteiger partial charge on any atom is 0.416 e. The largest absolute Gasteiger partial charge is 0.455 e. The van der Waals surface area contributed by atoms with Gasteiger partial charge in [-0.25, -0.2) is 0 Å². The number of benzene rings is 2. The molecule has 3 aromatic rings. The van der Waals surface area contributed by atoms with Crippen molar-refractivity contribution in [2.24, 2.45) is 5.10 Å². The van der Waals surface area contributed by atoms with Crippen LogP contribution in [-0.4, -0.2) is 18.4 Å². The van der Waals surface area contributed by atoms with Gasteiger partial charge in [0.2, 0.25) is 6.79 Å². The number of carbonyl (C=O) groups is 1. The van der Waals surface area contributed by atoms with Crippen molar-refractivity contribution in [2.75, 3.05) is 12.2 Å². The summed E-state index contributed by atoms with van der Waals surface area (Å²) >= 11 is 0. The molecular weight excluding hydrogens is 463 g/mol. The number of hydrogen-bond acceptors (Lipinski definition) is 6. The number of halogens is 3. The Hall–Kier alpha value is -3.95. The standard InChI is InChI=1S/C25H22F3N3O4/c1-14-22-18(31-30-17-5-2-4-16(11-17)25(26,27)28)6-3-7-20(22)35-23(14)24(32)29-12-15-8-9-19-21(10-15)34-13-33-19/h2,4-5,8-11,30H,3,6-7,12-13H2,1H3,(H,29,32)/b31-18+. The van der Waals surface area contributed by atoms with Crippen LogP contribution in [-0.2, 0) is 19.1 Å². The molecule has 0 spiro atoms. The molecule has 2 N–H and O–H groups in total. The smallest absolute Gasteiger partial charge is 0.416 e. The summed E-state index contributed by atoms with van der Waals surface area (Å²) in [4.78, 5) is 12.9. The van der Waals surface area contributed by atoms with Crippen molar-refractivity contribution in [3.63, 3.8) is 0 Å². The molecule has 2 aromatic carbocycles. The Morgan fingerprint density at radius 1 is 1.09 bits per heavy atom. The Morgan fingerprint density at radius 2 is 1.91 bits per heavy atom. The fourth-order valence-electron chi connectivity index (χ4n) is 4.21. The van der Waals surface area contributed by atoms with Gasteiger partial charge >= 0.3 is 6.18 Å². The van der Waals surface area contributed by atoms with Crippen molar-refractivity contribution < 1.29 is 31.9 Å². The number of fused-ring (bicyclic) bond motifs is 2. The number of hydrogen-bond donors (Lipinski definition) is 2. The van der Waals surface area contributed by atoms with E-state index < -0.39 is 11.7 Å². The maximum atomic E-state index is 13.0. The number of nitrogens with zero attached hydrogens (tertiary/aromatic N) is 1. The lowest BCUT2D eigenvalue weighted by Crippen LogP contribution is -2.23. The fourth-order valence-corrected chi connectivity index (χ4v) is 4.21. The van der Waals surface area contributed by atoms with Gasteiger partial charge in [-0.3, -0.25) is 10.2 Å². The van der Waals surface area contributed by atoms with Crippen LogP contribution >= 0.6 is 0 Å². The lowest BCUT2D eigenvalue weighted by Gasteiger charge is -2.14. The number of amides is 1. The van der Waals surface area contributed by atoms with Gasteiger partial charge < -0.3 is 19.2 Å². The molecule has 0 bridgehead atoms. The molecule has 10 heteroatoms. The van der Waals surface area contributed by atoms with E-state index in [1.807, 2.05) is 12.1 Å². The molecule has 0 saturated heterocycles. The molecule has 1 aromatic heterocycles. The van der Waals surface area contributed by atoms with Crippen molar-refractivity contribution in [3.8, 4) is 11.5 Å². The Labute approximate surface area is 198 Å². The molecule has 1 aliphatic heterocycles. The minimum absolute atomic E-state index is 0.175. The van der Waals surface area contributed by atoms with E-state index in [0.717, 1.165) is 29.7 Å². The lowest BCUT2D eigenvalue weighted by molar-refractivity contribution is -0.137. The van der Waals surface area contributed by atoms with Crippen LogP contribution in [0.4, 0.5) is 18.9 Å². The number of hydrazone groups is 1. The van der Waals surface area contributed by atoms with Crippen LogP contribution in [0.3, 0.4) is 0 Å². The van der Waals surface area contributed by atoms with Crippen LogP contribution in [0.1, 0.15) is 51.4 Å². The third kappa shape index (κ3) is 4.68. The molecule has 7 nitrogen and oxygen atoms in total. The molecule has 0 unspecified atom stereocenters. The zero-order chi connectivity index (χ0) is 24.6. The quantitative estimate of drug-likeness (QED) is 0.472. The summed E-state index contributed by atoms with van der Waals surface area (Å²) in [5, 5.41) is 7.22. The number of alkyl halides is 3. The number of aryl methyl sites for hydroxylation is 1. The molecule has 182 valence electrons. The molecule has 1 aliphatic carbocycles. The van der Waals surface area contributed by atoms with Gasteiger partial charge in [-0.1, -0.05) is 12.1 Å². The number of rotatable bonds is 5. The van der Waals surface area contributed by atoms with Crippen molar-refractivity contribution in [1.82, 2.24) is 5.32 Å². The molecular formula is C25H22F3N3O4. The van der Waals surface area contributed by atoms with Crippen LogP contribution < -0.4 is 20.2 Å². The predicted molar refractivity (Wildman–Crippen MR) is 122 cm³/mol. The van der Waals surface area contributed by atoms with Gasteiger partial charge in [-0.05, 0) is 55.7 Å². The highest BCUT2D eigenvalue weighted by Gasteiger charge is 2.31. The third-order valence-corrected chi connectivity index (χ3v) is 5.93. The van der Waals surface area contributed by atoms with Crippen LogP contribution in [0.5, 0.6) is 11.5 Å². The zero-order valence-electron chi connectivity index (χ0n) is 18.8. The highest BCUT2D eigenvalue weighted by Crippen LogP contribution is 2.34. The van der Waals surface area contributed by atoms with Crippen molar-refractivity contribution >= 4 is 17.3 Å². The van der Waals surface area contributed by atoms with Crippen LogP contribution in [0.15, 0.2) is 52.0 Å². The monoisotopic (exact) mass is 485 g/mol. The first-order valence-corrected chi connectivity index (χ1v) is 11.1. The normalized spacial score (nSPS) is 15.7. The highest BCUT2D eigenvalue weighted by molar-refractivity contribution is 6.06.